The number of carbonyl (C=O) groups is 1. The number of hydrogen-bond donors (Lipinski definition) is 2. The molecule has 5 heterocycles. The number of carboxylic acids is 1. The number of pyridine rings is 1. The number of aromatic amines is 1. The number of aryl methyl sites for hydroxylation is 1. The molecule has 10 nitrogen and oxygen atoms in total. The third-order valence-electron chi connectivity index (χ3n) is 6.08. The van der Waals surface area contributed by atoms with Gasteiger partial charge in [0.2, 0.25) is 0 Å². The van der Waals surface area contributed by atoms with E-state index in [4.69, 9.17) is 23.2 Å². The molecular formula is C23H15Cl2N7O3S. The number of halogens is 2. The number of hydrogen-bond acceptors (Lipinski definition) is 7. The van der Waals surface area contributed by atoms with E-state index in [-0.39, 0.29) is 16.5 Å². The molecule has 0 aliphatic carbocycles. The van der Waals surface area contributed by atoms with Crippen molar-refractivity contribution in [2.24, 2.45) is 0 Å². The van der Waals surface area contributed by atoms with Gasteiger partial charge in [-0.25, -0.2) is 9.78 Å². The highest BCUT2D eigenvalue weighted by Gasteiger charge is 2.29. The number of aromatic nitrogens is 7. The van der Waals surface area contributed by atoms with Gasteiger partial charge in [-0.3, -0.25) is 4.79 Å². The first kappa shape index (κ1) is 22.7. The second-order valence-corrected chi connectivity index (χ2v) is 9.93. The van der Waals surface area contributed by atoms with E-state index in [9.17, 15) is 14.7 Å². The van der Waals surface area contributed by atoms with Crippen LogP contribution in [0.15, 0.2) is 52.9 Å². The molecule has 4 aromatic heterocycles. The predicted molar refractivity (Wildman–Crippen MR) is 134 cm³/mol. The van der Waals surface area contributed by atoms with Crippen molar-refractivity contribution in [2.45, 2.75) is 18.9 Å². The molecule has 0 saturated heterocycles. The average molecular weight is 540 g/mol. The summed E-state index contributed by atoms with van der Waals surface area (Å²) in [5.41, 5.74) is 3.86. The van der Waals surface area contributed by atoms with Crippen molar-refractivity contribution in [1.29, 1.82) is 0 Å². The molecule has 0 radical (unpaired) electrons. The van der Waals surface area contributed by atoms with Crippen molar-refractivity contribution in [1.82, 2.24) is 34.7 Å². The Hall–Kier alpha value is -3.80. The van der Waals surface area contributed by atoms with Gasteiger partial charge in [-0.15, -0.1) is 16.4 Å². The Morgan fingerprint density at radius 1 is 1.17 bits per heavy atom. The van der Waals surface area contributed by atoms with Crippen LogP contribution < -0.4 is 5.56 Å². The monoisotopic (exact) mass is 539 g/mol. The molecule has 13 heteroatoms. The standard InChI is InChI=1S/C23H15Cl2N7O3S/c24-13-1-3-16(31-10-26-29-30-31)15(8-13)11-5-14-2-4-17(32(14)19(33)7-11)22-27-20(21(25)28-22)12-6-18(23(34)35)36-9-12/h1,3,5-10,17H,2,4H2,(H,27,28)(H,34,35)/t17-/m0/s1. The highest BCUT2D eigenvalue weighted by Crippen LogP contribution is 2.36. The number of carboxylic acid groups (broad SMARTS) is 1. The van der Waals surface area contributed by atoms with Gasteiger partial charge in [-0.05, 0) is 59.2 Å². The van der Waals surface area contributed by atoms with Gasteiger partial charge < -0.3 is 14.7 Å². The summed E-state index contributed by atoms with van der Waals surface area (Å²) in [5, 5.41) is 23.1. The van der Waals surface area contributed by atoms with Crippen molar-refractivity contribution in [2.75, 3.05) is 0 Å². The van der Waals surface area contributed by atoms with Gasteiger partial charge in [0.25, 0.3) is 5.56 Å². The van der Waals surface area contributed by atoms with Crippen LogP contribution in [-0.4, -0.2) is 45.8 Å². The molecule has 0 bridgehead atoms. The number of fused-ring (bicyclic) bond motifs is 1. The molecule has 1 atom stereocenters. The van der Waals surface area contributed by atoms with Crippen molar-refractivity contribution >= 4 is 40.5 Å². The van der Waals surface area contributed by atoms with Gasteiger partial charge >= 0.3 is 5.97 Å². The number of benzene rings is 1. The Labute approximate surface area is 216 Å². The van der Waals surface area contributed by atoms with E-state index in [1.54, 1.807) is 34.2 Å². The Balaban J connectivity index is 1.39. The number of rotatable bonds is 5. The number of tetrazole rings is 1. The lowest BCUT2D eigenvalue weighted by Crippen LogP contribution is -2.24. The summed E-state index contributed by atoms with van der Waals surface area (Å²) in [6.07, 6.45) is 2.79. The van der Waals surface area contributed by atoms with Gasteiger partial charge in [-0.2, -0.15) is 4.68 Å². The molecule has 1 aliphatic heterocycles. The summed E-state index contributed by atoms with van der Waals surface area (Å²) in [7, 11) is 0. The van der Waals surface area contributed by atoms with Crippen LogP contribution in [0.25, 0.3) is 28.1 Å². The van der Waals surface area contributed by atoms with Crippen LogP contribution in [0.5, 0.6) is 0 Å². The maximum Gasteiger partial charge on any atom is 0.345 e. The largest absolute Gasteiger partial charge is 0.477 e. The summed E-state index contributed by atoms with van der Waals surface area (Å²) in [6.45, 7) is 0. The zero-order chi connectivity index (χ0) is 25.0. The Morgan fingerprint density at radius 2 is 2.03 bits per heavy atom. The minimum absolute atomic E-state index is 0.189. The van der Waals surface area contributed by atoms with E-state index < -0.39 is 5.97 Å². The molecular weight excluding hydrogens is 525 g/mol. The van der Waals surface area contributed by atoms with Gasteiger partial charge in [0.1, 0.15) is 27.9 Å². The fourth-order valence-electron chi connectivity index (χ4n) is 4.51. The zero-order valence-corrected chi connectivity index (χ0v) is 20.5. The lowest BCUT2D eigenvalue weighted by atomic mass is 10.0. The van der Waals surface area contributed by atoms with E-state index >= 15 is 0 Å². The highest BCUT2D eigenvalue weighted by atomic mass is 35.5. The summed E-state index contributed by atoms with van der Waals surface area (Å²) >= 11 is 13.8. The van der Waals surface area contributed by atoms with Crippen LogP contribution in [0.4, 0.5) is 0 Å². The van der Waals surface area contributed by atoms with E-state index in [1.807, 2.05) is 6.07 Å². The van der Waals surface area contributed by atoms with Gasteiger partial charge in [0.05, 0.1) is 11.7 Å². The lowest BCUT2D eigenvalue weighted by Gasteiger charge is -2.15. The molecule has 2 N–H and O–H groups in total. The molecule has 6 rings (SSSR count). The fraction of sp³-hybridized carbons (Fsp3) is 0.130. The van der Waals surface area contributed by atoms with Crippen molar-refractivity contribution < 1.29 is 9.90 Å². The van der Waals surface area contributed by atoms with Crippen LogP contribution in [0.1, 0.15) is 33.7 Å². The van der Waals surface area contributed by atoms with Crippen LogP contribution in [0, 0.1) is 0 Å². The first-order chi connectivity index (χ1) is 17.4. The number of imidazole rings is 1. The Kier molecular flexibility index (Phi) is 5.47. The SMILES string of the molecule is O=C(O)c1cc(-c2nc([C@@H]3CCc4cc(-c5cc(Cl)ccc5-n5cnnn5)cc(=O)n43)[nH]c2Cl)cs1. The first-order valence-electron chi connectivity index (χ1n) is 10.8. The molecule has 0 amide bonds. The third kappa shape index (κ3) is 3.81. The van der Waals surface area contributed by atoms with Crippen LogP contribution >= 0.6 is 34.5 Å². The number of nitrogens with zero attached hydrogens (tertiary/aromatic N) is 6. The normalized spacial score (nSPS) is 14.8. The summed E-state index contributed by atoms with van der Waals surface area (Å²) in [6, 6.07) is 10.0. The highest BCUT2D eigenvalue weighted by molar-refractivity contribution is 7.12. The second-order valence-electron chi connectivity index (χ2n) is 8.20. The maximum atomic E-state index is 13.4. The molecule has 1 aliphatic rings. The molecule has 5 aromatic rings. The van der Waals surface area contributed by atoms with Crippen molar-refractivity contribution in [3.63, 3.8) is 0 Å². The molecule has 1 aromatic carbocycles. The third-order valence-corrected chi connectivity index (χ3v) is 7.50. The molecule has 36 heavy (non-hydrogen) atoms. The number of aromatic carboxylic acids is 1. The fourth-order valence-corrected chi connectivity index (χ4v) is 5.66. The molecule has 0 saturated carbocycles. The molecule has 0 fully saturated rings. The van der Waals surface area contributed by atoms with Gasteiger partial charge in [-0.1, -0.05) is 23.2 Å². The van der Waals surface area contributed by atoms with Crippen molar-refractivity contribution in [3.8, 4) is 28.1 Å². The number of nitrogens with one attached hydrogen (secondary N) is 1. The van der Waals surface area contributed by atoms with E-state index in [0.717, 1.165) is 22.6 Å². The minimum Gasteiger partial charge on any atom is -0.477 e. The lowest BCUT2D eigenvalue weighted by molar-refractivity contribution is 0.0702. The molecule has 0 spiro atoms. The average Bonchev–Trinajstić information content (AvgIpc) is 3.64. The Bertz CT molecular complexity index is 1690. The summed E-state index contributed by atoms with van der Waals surface area (Å²) in [5.74, 6) is -0.461. The van der Waals surface area contributed by atoms with Gasteiger partial charge in [0, 0.05) is 33.3 Å². The minimum atomic E-state index is -1.01. The van der Waals surface area contributed by atoms with E-state index in [1.165, 1.54) is 17.1 Å². The van der Waals surface area contributed by atoms with Crippen LogP contribution in [0.3, 0.4) is 0 Å². The Morgan fingerprint density at radius 3 is 2.78 bits per heavy atom. The van der Waals surface area contributed by atoms with Crippen molar-refractivity contribution in [3.05, 3.63) is 85.0 Å². The molecule has 180 valence electrons. The maximum absolute atomic E-state index is 13.4. The number of H-pyrrole nitrogens is 1. The topological polar surface area (TPSA) is 132 Å². The second kappa shape index (κ2) is 8.70. The zero-order valence-electron chi connectivity index (χ0n) is 18.2. The molecule has 0 unspecified atom stereocenters. The quantitative estimate of drug-likeness (QED) is 0.336. The summed E-state index contributed by atoms with van der Waals surface area (Å²) in [4.78, 5) is 32.5. The number of thiophene rings is 1. The van der Waals surface area contributed by atoms with Gasteiger partial charge in [0.15, 0.2) is 0 Å². The first-order valence-corrected chi connectivity index (χ1v) is 12.4. The predicted octanol–water partition coefficient (Wildman–Crippen LogP) is 4.48. The van der Waals surface area contributed by atoms with Crippen LogP contribution in [0.2, 0.25) is 10.2 Å². The van der Waals surface area contributed by atoms with Crippen LogP contribution in [-0.2, 0) is 6.42 Å². The van der Waals surface area contributed by atoms with E-state index in [2.05, 4.69) is 25.5 Å². The summed E-state index contributed by atoms with van der Waals surface area (Å²) < 4.78 is 3.23. The van der Waals surface area contributed by atoms with E-state index in [0.29, 0.717) is 51.4 Å². The smallest absolute Gasteiger partial charge is 0.345 e.